The van der Waals surface area contributed by atoms with Crippen LogP contribution in [0.3, 0.4) is 0 Å². The molecule has 32 heavy (non-hydrogen) atoms. The third kappa shape index (κ3) is 6.55. The number of nitrogens with zero attached hydrogens (tertiary/aromatic N) is 1. The molecule has 1 saturated heterocycles. The van der Waals surface area contributed by atoms with Gasteiger partial charge in [0.15, 0.2) is 9.84 Å². The number of halogens is 1. The number of ether oxygens (including phenoxy) is 1. The molecule has 2 N–H and O–H groups in total. The molecule has 174 valence electrons. The minimum absolute atomic E-state index is 0.0325. The van der Waals surface area contributed by atoms with Crippen LogP contribution in [0.25, 0.3) is 0 Å². The molecule has 2 aromatic rings. The van der Waals surface area contributed by atoms with Crippen LogP contribution >= 0.6 is 11.6 Å². The fraction of sp³-hybridized carbons (Fsp3) is 0.429. The Bertz CT molecular complexity index is 989. The zero-order valence-corrected chi connectivity index (χ0v) is 19.0. The molecule has 1 aromatic carbocycles. The molecular formula is C21H26ClN3O6S. The third-order valence-corrected chi connectivity index (χ3v) is 7.40. The van der Waals surface area contributed by atoms with Gasteiger partial charge in [-0.3, -0.25) is 14.5 Å². The van der Waals surface area contributed by atoms with Crippen molar-refractivity contribution in [3.8, 4) is 0 Å². The molecule has 0 saturated carbocycles. The van der Waals surface area contributed by atoms with Gasteiger partial charge in [-0.1, -0.05) is 11.6 Å². The summed E-state index contributed by atoms with van der Waals surface area (Å²) in [5, 5.41) is 4.17. The normalized spacial score (nSPS) is 15.8. The molecule has 0 spiro atoms. The van der Waals surface area contributed by atoms with Crippen LogP contribution in [0.5, 0.6) is 0 Å². The molecule has 11 heteroatoms. The van der Waals surface area contributed by atoms with E-state index in [9.17, 15) is 18.0 Å². The highest BCUT2D eigenvalue weighted by Crippen LogP contribution is 2.29. The van der Waals surface area contributed by atoms with Gasteiger partial charge in [-0.05, 0) is 49.4 Å². The van der Waals surface area contributed by atoms with Crippen LogP contribution in [-0.2, 0) is 24.2 Å². The highest BCUT2D eigenvalue weighted by Gasteiger charge is 2.32. The Morgan fingerprint density at radius 1 is 1.06 bits per heavy atom. The van der Waals surface area contributed by atoms with E-state index in [1.165, 1.54) is 36.6 Å². The summed E-state index contributed by atoms with van der Waals surface area (Å²) in [5.74, 6) is -1.56. The van der Waals surface area contributed by atoms with E-state index in [1.807, 2.05) is 0 Å². The second kappa shape index (κ2) is 11.5. The predicted octanol–water partition coefficient (Wildman–Crippen LogP) is 1.40. The highest BCUT2D eigenvalue weighted by molar-refractivity contribution is 7.91. The molecule has 0 radical (unpaired) electrons. The van der Waals surface area contributed by atoms with Crippen molar-refractivity contribution in [2.45, 2.75) is 16.6 Å². The van der Waals surface area contributed by atoms with E-state index in [1.54, 1.807) is 6.07 Å². The van der Waals surface area contributed by atoms with E-state index >= 15 is 0 Å². The van der Waals surface area contributed by atoms with E-state index in [4.69, 9.17) is 20.8 Å². The standard InChI is InChI=1S/C21H26ClN3O6S/c22-16-4-6-17(7-5-16)32(28,29)19(18-3-1-12-31-18)15-24-21(27)20(26)23-8-2-9-25-10-13-30-14-11-25/h1,3-7,12,19H,2,8-11,13-15H2,(H,23,26)(H,24,27). The Balaban J connectivity index is 1.54. The van der Waals surface area contributed by atoms with Crippen LogP contribution in [0, 0.1) is 0 Å². The first kappa shape index (κ1) is 24.2. The van der Waals surface area contributed by atoms with Crippen molar-refractivity contribution < 1.29 is 27.2 Å². The van der Waals surface area contributed by atoms with Gasteiger partial charge in [-0.2, -0.15) is 0 Å². The number of furan rings is 1. The predicted molar refractivity (Wildman–Crippen MR) is 118 cm³/mol. The number of morpholine rings is 1. The zero-order chi connectivity index (χ0) is 23.0. The van der Waals surface area contributed by atoms with Gasteiger partial charge in [-0.25, -0.2) is 8.42 Å². The average Bonchev–Trinajstić information content (AvgIpc) is 3.32. The molecule has 1 aromatic heterocycles. The molecule has 2 amide bonds. The topological polar surface area (TPSA) is 118 Å². The van der Waals surface area contributed by atoms with Crippen molar-refractivity contribution >= 4 is 33.3 Å². The largest absolute Gasteiger partial charge is 0.468 e. The van der Waals surface area contributed by atoms with Gasteiger partial charge in [0.05, 0.1) is 24.4 Å². The summed E-state index contributed by atoms with van der Waals surface area (Å²) in [6.07, 6.45) is 2.04. The Labute approximate surface area is 192 Å². The maximum Gasteiger partial charge on any atom is 0.309 e. The number of carbonyl (C=O) groups is 2. The number of amides is 2. The van der Waals surface area contributed by atoms with E-state index in [0.717, 1.165) is 19.6 Å². The van der Waals surface area contributed by atoms with E-state index in [0.29, 0.717) is 31.2 Å². The van der Waals surface area contributed by atoms with Crippen molar-refractivity contribution in [2.24, 2.45) is 0 Å². The lowest BCUT2D eigenvalue weighted by Crippen LogP contribution is -2.43. The quantitative estimate of drug-likeness (QED) is 0.409. The van der Waals surface area contributed by atoms with Gasteiger partial charge >= 0.3 is 11.8 Å². The lowest BCUT2D eigenvalue weighted by molar-refractivity contribution is -0.139. The number of benzene rings is 1. The van der Waals surface area contributed by atoms with Crippen LogP contribution in [0.15, 0.2) is 52.0 Å². The number of hydrogen-bond donors (Lipinski definition) is 2. The van der Waals surface area contributed by atoms with Gasteiger partial charge in [0.1, 0.15) is 11.0 Å². The highest BCUT2D eigenvalue weighted by atomic mass is 35.5. The molecule has 3 rings (SSSR count). The Kier molecular flexibility index (Phi) is 8.68. The Morgan fingerprint density at radius 2 is 1.75 bits per heavy atom. The van der Waals surface area contributed by atoms with Crippen molar-refractivity contribution in [2.75, 3.05) is 45.9 Å². The molecule has 1 aliphatic rings. The van der Waals surface area contributed by atoms with Crippen molar-refractivity contribution in [3.05, 3.63) is 53.4 Å². The molecule has 1 atom stereocenters. The van der Waals surface area contributed by atoms with Crippen molar-refractivity contribution in [1.29, 1.82) is 0 Å². The molecule has 0 bridgehead atoms. The molecule has 2 heterocycles. The molecule has 0 aliphatic carbocycles. The van der Waals surface area contributed by atoms with Gasteiger partial charge in [0, 0.05) is 31.2 Å². The van der Waals surface area contributed by atoms with Crippen LogP contribution in [0.1, 0.15) is 17.4 Å². The molecule has 1 unspecified atom stereocenters. The maximum absolute atomic E-state index is 13.1. The third-order valence-electron chi connectivity index (χ3n) is 5.07. The van der Waals surface area contributed by atoms with E-state index < -0.39 is 26.9 Å². The van der Waals surface area contributed by atoms with E-state index in [2.05, 4.69) is 15.5 Å². The molecular weight excluding hydrogens is 458 g/mol. The van der Waals surface area contributed by atoms with Gasteiger partial charge in [0.2, 0.25) is 0 Å². The van der Waals surface area contributed by atoms with Crippen LogP contribution in [0.4, 0.5) is 0 Å². The second-order valence-electron chi connectivity index (χ2n) is 7.28. The van der Waals surface area contributed by atoms with Gasteiger partial charge in [-0.15, -0.1) is 0 Å². The van der Waals surface area contributed by atoms with Crippen LogP contribution in [-0.4, -0.2) is 71.1 Å². The van der Waals surface area contributed by atoms with Crippen LogP contribution in [0.2, 0.25) is 5.02 Å². The SMILES string of the molecule is O=C(NCCCN1CCOCC1)C(=O)NCC(c1ccco1)S(=O)(=O)c1ccc(Cl)cc1. The fourth-order valence-electron chi connectivity index (χ4n) is 3.30. The summed E-state index contributed by atoms with van der Waals surface area (Å²) in [7, 11) is -3.91. The minimum atomic E-state index is -3.91. The van der Waals surface area contributed by atoms with Gasteiger partial charge < -0.3 is 19.8 Å². The fourth-order valence-corrected chi connectivity index (χ4v) is 5.01. The van der Waals surface area contributed by atoms with Gasteiger partial charge in [0.25, 0.3) is 0 Å². The van der Waals surface area contributed by atoms with Crippen LogP contribution < -0.4 is 10.6 Å². The Morgan fingerprint density at radius 3 is 2.41 bits per heavy atom. The number of hydrogen-bond acceptors (Lipinski definition) is 7. The summed E-state index contributed by atoms with van der Waals surface area (Å²) in [6, 6.07) is 8.78. The number of sulfone groups is 1. The molecule has 1 aliphatic heterocycles. The maximum atomic E-state index is 13.1. The summed E-state index contributed by atoms with van der Waals surface area (Å²) >= 11 is 5.85. The van der Waals surface area contributed by atoms with E-state index in [-0.39, 0.29) is 17.2 Å². The summed E-state index contributed by atoms with van der Waals surface area (Å²) in [5.41, 5.74) is 0. The van der Waals surface area contributed by atoms with Crippen molar-refractivity contribution in [1.82, 2.24) is 15.5 Å². The lowest BCUT2D eigenvalue weighted by atomic mass is 10.3. The summed E-state index contributed by atoms with van der Waals surface area (Å²) in [4.78, 5) is 26.6. The smallest absolute Gasteiger partial charge is 0.309 e. The first-order valence-corrected chi connectivity index (χ1v) is 12.2. The minimum Gasteiger partial charge on any atom is -0.468 e. The Hall–Kier alpha value is -2.40. The summed E-state index contributed by atoms with van der Waals surface area (Å²) < 4.78 is 36.8. The second-order valence-corrected chi connectivity index (χ2v) is 9.84. The monoisotopic (exact) mass is 483 g/mol. The first-order chi connectivity index (χ1) is 15.4. The first-order valence-electron chi connectivity index (χ1n) is 10.3. The number of rotatable bonds is 9. The summed E-state index contributed by atoms with van der Waals surface area (Å²) in [6.45, 7) is 3.92. The lowest BCUT2D eigenvalue weighted by Gasteiger charge is -2.26. The average molecular weight is 484 g/mol. The molecule has 1 fully saturated rings. The molecule has 9 nitrogen and oxygen atoms in total. The number of nitrogens with one attached hydrogen (secondary N) is 2. The van der Waals surface area contributed by atoms with Crippen molar-refractivity contribution in [3.63, 3.8) is 0 Å². The number of carbonyl (C=O) groups excluding carboxylic acids is 2. The zero-order valence-electron chi connectivity index (χ0n) is 17.5.